The van der Waals surface area contributed by atoms with Crippen LogP contribution in [0.5, 0.6) is 5.75 Å². The van der Waals surface area contributed by atoms with Crippen molar-refractivity contribution < 1.29 is 17.9 Å². The molecule has 1 saturated heterocycles. The Morgan fingerprint density at radius 3 is 2.36 bits per heavy atom. The Morgan fingerprint density at radius 1 is 1.07 bits per heavy atom. The van der Waals surface area contributed by atoms with Gasteiger partial charge in [-0.15, -0.1) is 0 Å². The molecule has 0 radical (unpaired) electrons. The molecule has 1 aliphatic rings. The highest BCUT2D eigenvalue weighted by molar-refractivity contribution is 7.80. The zero-order valence-electron chi connectivity index (χ0n) is 15.5. The zero-order chi connectivity index (χ0) is 20.1. The van der Waals surface area contributed by atoms with E-state index in [9.17, 15) is 13.2 Å². The van der Waals surface area contributed by atoms with Gasteiger partial charge in [0.15, 0.2) is 5.11 Å². The monoisotopic (exact) mass is 409 g/mol. The number of rotatable bonds is 4. The van der Waals surface area contributed by atoms with Crippen LogP contribution in [0.1, 0.15) is 11.1 Å². The van der Waals surface area contributed by atoms with Crippen LogP contribution in [0.15, 0.2) is 48.5 Å². The average molecular weight is 409 g/mol. The van der Waals surface area contributed by atoms with Crippen molar-refractivity contribution in [3.8, 4) is 5.75 Å². The molecule has 0 aliphatic carbocycles. The number of hydrogen-bond donors (Lipinski definition) is 1. The molecule has 0 saturated carbocycles. The van der Waals surface area contributed by atoms with E-state index in [1.165, 1.54) is 12.1 Å². The topological polar surface area (TPSA) is 27.7 Å². The summed E-state index contributed by atoms with van der Waals surface area (Å²) < 4.78 is 43.7. The van der Waals surface area contributed by atoms with Crippen molar-refractivity contribution in [1.29, 1.82) is 0 Å². The summed E-state index contributed by atoms with van der Waals surface area (Å²) in [5.41, 5.74) is 0.952. The number of hydrogen-bond acceptors (Lipinski definition) is 3. The quantitative estimate of drug-likeness (QED) is 0.763. The number of benzene rings is 2. The lowest BCUT2D eigenvalue weighted by molar-refractivity contribution is -0.137. The van der Waals surface area contributed by atoms with Gasteiger partial charge in [0, 0.05) is 38.4 Å². The van der Waals surface area contributed by atoms with Gasteiger partial charge in [-0.25, -0.2) is 0 Å². The maximum atomic E-state index is 12.9. The van der Waals surface area contributed by atoms with Crippen LogP contribution in [0.3, 0.4) is 0 Å². The molecule has 3 rings (SSSR count). The Labute approximate surface area is 167 Å². The minimum atomic E-state index is -4.31. The molecule has 0 atom stereocenters. The van der Waals surface area contributed by atoms with Crippen molar-refractivity contribution in [2.45, 2.75) is 12.7 Å². The number of alkyl halides is 3. The molecule has 0 bridgehead atoms. The zero-order valence-corrected chi connectivity index (χ0v) is 16.3. The van der Waals surface area contributed by atoms with Crippen molar-refractivity contribution >= 4 is 23.0 Å². The maximum absolute atomic E-state index is 12.9. The molecule has 1 fully saturated rings. The molecular weight excluding hydrogens is 387 g/mol. The van der Waals surface area contributed by atoms with Crippen molar-refractivity contribution in [3.63, 3.8) is 0 Å². The van der Waals surface area contributed by atoms with E-state index in [1.54, 1.807) is 13.2 Å². The summed E-state index contributed by atoms with van der Waals surface area (Å²) in [5, 5.41) is 3.85. The first kappa shape index (κ1) is 20.4. The predicted octanol–water partition coefficient (Wildman–Crippen LogP) is 4.23. The van der Waals surface area contributed by atoms with Crippen LogP contribution >= 0.6 is 12.2 Å². The van der Waals surface area contributed by atoms with E-state index < -0.39 is 11.7 Å². The highest BCUT2D eigenvalue weighted by Gasteiger charge is 2.30. The van der Waals surface area contributed by atoms with Gasteiger partial charge in [0.1, 0.15) is 5.75 Å². The van der Waals surface area contributed by atoms with Crippen LogP contribution in [0.4, 0.5) is 18.9 Å². The van der Waals surface area contributed by atoms with E-state index in [-0.39, 0.29) is 0 Å². The molecule has 28 heavy (non-hydrogen) atoms. The van der Waals surface area contributed by atoms with E-state index >= 15 is 0 Å². The minimum absolute atomic E-state index is 0.496. The SMILES string of the molecule is COc1ccc(NC(=S)N2CCN(Cc3cccc(C(F)(F)F)c3)CC2)cc1. The summed E-state index contributed by atoms with van der Waals surface area (Å²) in [6.07, 6.45) is -4.31. The first-order valence-electron chi connectivity index (χ1n) is 8.93. The van der Waals surface area contributed by atoms with Gasteiger partial charge in [0.25, 0.3) is 0 Å². The Balaban J connectivity index is 1.50. The minimum Gasteiger partial charge on any atom is -0.497 e. The molecule has 0 amide bonds. The summed E-state index contributed by atoms with van der Waals surface area (Å²) >= 11 is 5.48. The number of nitrogens with one attached hydrogen (secondary N) is 1. The van der Waals surface area contributed by atoms with Gasteiger partial charge in [0.05, 0.1) is 12.7 Å². The first-order valence-corrected chi connectivity index (χ1v) is 9.34. The number of nitrogens with zero attached hydrogens (tertiary/aromatic N) is 2. The molecule has 1 N–H and O–H groups in total. The van der Waals surface area contributed by atoms with Gasteiger partial charge in [-0.1, -0.05) is 18.2 Å². The molecule has 0 unspecified atom stereocenters. The summed E-state index contributed by atoms with van der Waals surface area (Å²) in [7, 11) is 1.62. The molecule has 150 valence electrons. The number of halogens is 3. The number of piperazine rings is 1. The lowest BCUT2D eigenvalue weighted by Crippen LogP contribution is -2.49. The van der Waals surface area contributed by atoms with Gasteiger partial charge in [-0.3, -0.25) is 4.90 Å². The summed E-state index contributed by atoms with van der Waals surface area (Å²) in [4.78, 5) is 4.21. The summed E-state index contributed by atoms with van der Waals surface area (Å²) in [6, 6.07) is 13.0. The van der Waals surface area contributed by atoms with E-state index in [0.717, 1.165) is 43.7 Å². The second kappa shape index (κ2) is 8.79. The Bertz CT molecular complexity index is 803. The van der Waals surface area contributed by atoms with E-state index in [0.29, 0.717) is 17.2 Å². The molecule has 0 aromatic heterocycles. The molecule has 2 aromatic rings. The van der Waals surface area contributed by atoms with E-state index in [1.807, 2.05) is 24.3 Å². The number of anilines is 1. The fourth-order valence-electron chi connectivity index (χ4n) is 3.09. The molecule has 2 aromatic carbocycles. The standard InChI is InChI=1S/C20H22F3N3OS/c1-27-18-7-5-17(6-8-18)24-19(28)26-11-9-25(10-12-26)14-15-3-2-4-16(13-15)20(21,22)23/h2-8,13H,9-12,14H2,1H3,(H,24,28). The summed E-state index contributed by atoms with van der Waals surface area (Å²) in [6.45, 7) is 3.42. The van der Waals surface area contributed by atoms with Crippen LogP contribution in [-0.4, -0.2) is 48.2 Å². The Morgan fingerprint density at radius 2 is 1.75 bits per heavy atom. The third-order valence-electron chi connectivity index (χ3n) is 4.66. The maximum Gasteiger partial charge on any atom is 0.416 e. The molecule has 1 heterocycles. The molecule has 0 spiro atoms. The van der Waals surface area contributed by atoms with Crippen LogP contribution in [0.25, 0.3) is 0 Å². The molecular formula is C20H22F3N3OS. The van der Waals surface area contributed by atoms with Gasteiger partial charge < -0.3 is 15.0 Å². The highest BCUT2D eigenvalue weighted by atomic mass is 32.1. The largest absolute Gasteiger partial charge is 0.497 e. The second-order valence-corrected chi connectivity index (χ2v) is 7.01. The van der Waals surface area contributed by atoms with Gasteiger partial charge >= 0.3 is 6.18 Å². The fourth-order valence-corrected chi connectivity index (χ4v) is 3.39. The van der Waals surface area contributed by atoms with Crippen molar-refractivity contribution in [1.82, 2.24) is 9.80 Å². The number of ether oxygens (including phenoxy) is 1. The lowest BCUT2D eigenvalue weighted by atomic mass is 10.1. The molecule has 1 aliphatic heterocycles. The van der Waals surface area contributed by atoms with Crippen molar-refractivity contribution in [3.05, 3.63) is 59.7 Å². The Hall–Kier alpha value is -2.32. The van der Waals surface area contributed by atoms with Crippen molar-refractivity contribution in [2.24, 2.45) is 0 Å². The normalized spacial score (nSPS) is 15.4. The van der Waals surface area contributed by atoms with Gasteiger partial charge in [-0.05, 0) is 48.1 Å². The van der Waals surface area contributed by atoms with Crippen LogP contribution in [0, 0.1) is 0 Å². The van der Waals surface area contributed by atoms with Crippen LogP contribution in [0.2, 0.25) is 0 Å². The van der Waals surface area contributed by atoms with Gasteiger partial charge in [0.2, 0.25) is 0 Å². The smallest absolute Gasteiger partial charge is 0.416 e. The Kier molecular flexibility index (Phi) is 6.41. The van der Waals surface area contributed by atoms with E-state index in [2.05, 4.69) is 15.1 Å². The fraction of sp³-hybridized carbons (Fsp3) is 0.350. The van der Waals surface area contributed by atoms with Crippen molar-refractivity contribution in [2.75, 3.05) is 38.6 Å². The summed E-state index contributed by atoms with van der Waals surface area (Å²) in [5.74, 6) is 0.777. The van der Waals surface area contributed by atoms with Gasteiger partial charge in [-0.2, -0.15) is 13.2 Å². The highest BCUT2D eigenvalue weighted by Crippen LogP contribution is 2.29. The third kappa shape index (κ3) is 5.36. The average Bonchev–Trinajstić information content (AvgIpc) is 2.69. The van der Waals surface area contributed by atoms with Crippen LogP contribution in [-0.2, 0) is 12.7 Å². The number of methoxy groups -OCH3 is 1. The van der Waals surface area contributed by atoms with Crippen LogP contribution < -0.4 is 10.1 Å². The second-order valence-electron chi connectivity index (χ2n) is 6.62. The molecule has 4 nitrogen and oxygen atoms in total. The molecule has 8 heteroatoms. The first-order chi connectivity index (χ1) is 13.3. The number of thiocarbonyl (C=S) groups is 1. The lowest BCUT2D eigenvalue weighted by Gasteiger charge is -2.36. The predicted molar refractivity (Wildman–Crippen MR) is 108 cm³/mol. The van der Waals surface area contributed by atoms with E-state index in [4.69, 9.17) is 17.0 Å². The third-order valence-corrected chi connectivity index (χ3v) is 5.02.